The first-order chi connectivity index (χ1) is 4.66. The summed E-state index contributed by atoms with van der Waals surface area (Å²) in [5.41, 5.74) is 0. The molecule has 0 aromatic heterocycles. The number of halogens is 2. The van der Waals surface area contributed by atoms with Gasteiger partial charge in [0.25, 0.3) is 0 Å². The minimum Gasteiger partial charge on any atom is -0.337 e. The van der Waals surface area contributed by atoms with Gasteiger partial charge in [0.1, 0.15) is 5.16 Å². The zero-order chi connectivity index (χ0) is 7.61. The Kier molecular flexibility index (Phi) is 2.21. The lowest BCUT2D eigenvalue weighted by molar-refractivity contribution is 0.694. The number of aliphatic imine (C=N–C) groups is 1. The van der Waals surface area contributed by atoms with Crippen LogP contribution in [0, 0.1) is 0 Å². The van der Waals surface area contributed by atoms with Crippen LogP contribution in [0.2, 0.25) is 0 Å². The molecule has 1 aliphatic rings. The van der Waals surface area contributed by atoms with Gasteiger partial charge in [-0.2, -0.15) is 0 Å². The lowest BCUT2D eigenvalue weighted by Gasteiger charge is -2.19. The molecule has 0 bridgehead atoms. The van der Waals surface area contributed by atoms with Gasteiger partial charge in [-0.15, -0.1) is 0 Å². The van der Waals surface area contributed by atoms with E-state index in [2.05, 4.69) is 10.3 Å². The Labute approximate surface area is 69.9 Å². The Bertz CT molecular complexity index is 188. The molecule has 2 nitrogen and oxygen atoms in total. The molecule has 0 radical (unpaired) electrons. The molecule has 1 rings (SSSR count). The van der Waals surface area contributed by atoms with E-state index in [1.165, 1.54) is 6.34 Å². The molecule has 0 saturated heterocycles. The van der Waals surface area contributed by atoms with Crippen molar-refractivity contribution in [2.24, 2.45) is 4.99 Å². The third-order valence-corrected chi connectivity index (χ3v) is 2.02. The largest absolute Gasteiger partial charge is 0.337 e. The summed E-state index contributed by atoms with van der Waals surface area (Å²) in [6.45, 7) is 1.95. The predicted molar refractivity (Wildman–Crippen MR) is 44.4 cm³/mol. The summed E-state index contributed by atoms with van der Waals surface area (Å²) in [5, 5.41) is 3.26. The summed E-state index contributed by atoms with van der Waals surface area (Å²) >= 11 is 11.6. The van der Waals surface area contributed by atoms with Gasteiger partial charge < -0.3 is 5.32 Å². The van der Waals surface area contributed by atoms with Gasteiger partial charge in [-0.3, -0.25) is 0 Å². The Morgan fingerprint density at radius 1 is 1.80 bits per heavy atom. The summed E-state index contributed by atoms with van der Waals surface area (Å²) in [7, 11) is 0. The average Bonchev–Trinajstić information content (AvgIpc) is 1.88. The zero-order valence-electron chi connectivity index (χ0n) is 5.56. The number of nitrogens with zero attached hydrogens (tertiary/aromatic N) is 1. The number of alkyl halides is 1. The Balaban J connectivity index is 2.78. The summed E-state index contributed by atoms with van der Waals surface area (Å²) in [4.78, 5) is 3.38. The normalized spacial score (nSPS) is 31.3. The second-order valence-electron chi connectivity index (χ2n) is 2.07. The molecular weight excluding hydrogens is 171 g/mol. The van der Waals surface area contributed by atoms with E-state index < -0.39 is 5.00 Å². The average molecular weight is 179 g/mol. The van der Waals surface area contributed by atoms with Crippen LogP contribution in [0.5, 0.6) is 0 Å². The van der Waals surface area contributed by atoms with Gasteiger partial charge in [0.05, 0.1) is 6.34 Å². The van der Waals surface area contributed by atoms with Crippen molar-refractivity contribution in [2.45, 2.75) is 18.3 Å². The molecule has 0 saturated carbocycles. The maximum Gasteiger partial charge on any atom is 0.156 e. The van der Waals surface area contributed by atoms with Crippen molar-refractivity contribution in [3.63, 3.8) is 0 Å². The molecule has 4 heteroatoms. The number of hydrogen-bond donors (Lipinski definition) is 1. The van der Waals surface area contributed by atoms with Crippen LogP contribution in [-0.2, 0) is 0 Å². The van der Waals surface area contributed by atoms with E-state index in [-0.39, 0.29) is 0 Å². The zero-order valence-corrected chi connectivity index (χ0v) is 7.08. The van der Waals surface area contributed by atoms with Crippen LogP contribution in [0.15, 0.2) is 16.2 Å². The fraction of sp³-hybridized carbons (Fsp3) is 0.500. The van der Waals surface area contributed by atoms with Crippen molar-refractivity contribution in [2.75, 3.05) is 0 Å². The van der Waals surface area contributed by atoms with Crippen LogP contribution in [0.4, 0.5) is 0 Å². The van der Waals surface area contributed by atoms with Crippen molar-refractivity contribution in [3.05, 3.63) is 11.2 Å². The summed E-state index contributed by atoms with van der Waals surface area (Å²) in [6, 6.07) is 0. The highest BCUT2D eigenvalue weighted by Crippen LogP contribution is 2.26. The van der Waals surface area contributed by atoms with Gasteiger partial charge in [-0.1, -0.05) is 30.1 Å². The van der Waals surface area contributed by atoms with Gasteiger partial charge >= 0.3 is 0 Å². The number of hydrogen-bond acceptors (Lipinski definition) is 2. The lowest BCUT2D eigenvalue weighted by atomic mass is 10.2. The van der Waals surface area contributed by atoms with E-state index in [1.54, 1.807) is 6.08 Å². The molecule has 0 aromatic carbocycles. The Morgan fingerprint density at radius 3 is 2.90 bits per heavy atom. The first kappa shape index (κ1) is 7.89. The first-order valence-electron chi connectivity index (χ1n) is 3.04. The predicted octanol–water partition coefficient (Wildman–Crippen LogP) is 2.04. The molecule has 0 aromatic rings. The topological polar surface area (TPSA) is 24.4 Å². The van der Waals surface area contributed by atoms with Gasteiger partial charge in [0.15, 0.2) is 5.00 Å². The van der Waals surface area contributed by atoms with Gasteiger partial charge in [0, 0.05) is 0 Å². The highest BCUT2D eigenvalue weighted by atomic mass is 35.5. The SMILES string of the molecule is CCC1(Cl)C=C(Cl)NC=N1. The first-order valence-corrected chi connectivity index (χ1v) is 3.79. The fourth-order valence-corrected chi connectivity index (χ4v) is 1.11. The van der Waals surface area contributed by atoms with E-state index in [0.717, 1.165) is 6.42 Å². The summed E-state index contributed by atoms with van der Waals surface area (Å²) in [5.74, 6) is 0. The lowest BCUT2D eigenvalue weighted by Crippen LogP contribution is -2.24. The molecule has 1 N–H and O–H groups in total. The third kappa shape index (κ3) is 1.64. The van der Waals surface area contributed by atoms with Gasteiger partial charge in [-0.05, 0) is 12.5 Å². The van der Waals surface area contributed by atoms with Crippen molar-refractivity contribution in [3.8, 4) is 0 Å². The molecule has 1 aliphatic heterocycles. The molecule has 10 heavy (non-hydrogen) atoms. The molecule has 1 heterocycles. The molecule has 0 amide bonds. The second kappa shape index (κ2) is 2.81. The smallest absolute Gasteiger partial charge is 0.156 e. The Hall–Kier alpha value is -0.210. The van der Waals surface area contributed by atoms with Crippen molar-refractivity contribution in [1.82, 2.24) is 5.32 Å². The minimum atomic E-state index is -0.623. The Morgan fingerprint density at radius 2 is 2.50 bits per heavy atom. The minimum absolute atomic E-state index is 0.534. The van der Waals surface area contributed by atoms with E-state index in [0.29, 0.717) is 5.16 Å². The third-order valence-electron chi connectivity index (χ3n) is 1.33. The van der Waals surface area contributed by atoms with Crippen molar-refractivity contribution >= 4 is 29.5 Å². The molecule has 0 spiro atoms. The molecular formula is C6H8Cl2N2. The second-order valence-corrected chi connectivity index (χ2v) is 3.13. The highest BCUT2D eigenvalue weighted by Gasteiger charge is 2.22. The standard InChI is InChI=1S/C6H8Cl2N2/c1-2-6(8)3-5(7)9-4-10-6/h3-4H,2H2,1H3,(H,9,10). The summed E-state index contributed by atoms with van der Waals surface area (Å²) in [6.07, 6.45) is 3.94. The van der Waals surface area contributed by atoms with Crippen LogP contribution in [0.3, 0.4) is 0 Å². The highest BCUT2D eigenvalue weighted by molar-refractivity contribution is 6.32. The van der Waals surface area contributed by atoms with Crippen LogP contribution in [0.1, 0.15) is 13.3 Å². The summed E-state index contributed by atoms with van der Waals surface area (Å²) < 4.78 is 0. The number of rotatable bonds is 1. The fourth-order valence-electron chi connectivity index (χ4n) is 0.668. The van der Waals surface area contributed by atoms with Crippen LogP contribution >= 0.6 is 23.2 Å². The molecule has 1 atom stereocenters. The molecule has 0 fully saturated rings. The van der Waals surface area contributed by atoms with Crippen LogP contribution in [0.25, 0.3) is 0 Å². The van der Waals surface area contributed by atoms with E-state index in [9.17, 15) is 0 Å². The van der Waals surface area contributed by atoms with Crippen molar-refractivity contribution in [1.29, 1.82) is 0 Å². The maximum atomic E-state index is 5.96. The van der Waals surface area contributed by atoms with E-state index in [1.807, 2.05) is 6.92 Å². The quantitative estimate of drug-likeness (QED) is 0.483. The van der Waals surface area contributed by atoms with Gasteiger partial charge in [0.2, 0.25) is 0 Å². The van der Waals surface area contributed by atoms with E-state index in [4.69, 9.17) is 23.2 Å². The van der Waals surface area contributed by atoms with Crippen molar-refractivity contribution < 1.29 is 0 Å². The van der Waals surface area contributed by atoms with Gasteiger partial charge in [-0.25, -0.2) is 4.99 Å². The molecule has 1 unspecified atom stereocenters. The molecule has 0 aliphatic carbocycles. The van der Waals surface area contributed by atoms with Crippen LogP contribution < -0.4 is 5.32 Å². The molecule has 56 valence electrons. The van der Waals surface area contributed by atoms with E-state index >= 15 is 0 Å². The van der Waals surface area contributed by atoms with Crippen LogP contribution in [-0.4, -0.2) is 11.3 Å². The monoisotopic (exact) mass is 178 g/mol. The number of nitrogens with one attached hydrogen (secondary N) is 1. The maximum absolute atomic E-state index is 5.96.